The van der Waals surface area contributed by atoms with E-state index >= 15 is 0 Å². The van der Waals surface area contributed by atoms with Crippen LogP contribution in [0.25, 0.3) is 11.1 Å². The number of amides is 2. The maximum Gasteiger partial charge on any atom is 0.269 e. The lowest BCUT2D eigenvalue weighted by Gasteiger charge is -2.17. The maximum atomic E-state index is 14.2. The molecule has 0 spiro atoms. The molecule has 6 nitrogen and oxygen atoms in total. The van der Waals surface area contributed by atoms with E-state index in [2.05, 4.69) is 20.9 Å². The van der Waals surface area contributed by atoms with E-state index in [1.165, 1.54) is 6.07 Å². The van der Waals surface area contributed by atoms with Gasteiger partial charge in [-0.05, 0) is 61.2 Å². The average Bonchev–Trinajstić information content (AvgIpc) is 3.18. The molecule has 0 saturated heterocycles. The normalized spacial score (nSPS) is 16.6. The van der Waals surface area contributed by atoms with E-state index in [1.807, 2.05) is 32.0 Å². The third-order valence-corrected chi connectivity index (χ3v) is 6.20. The van der Waals surface area contributed by atoms with Gasteiger partial charge in [0.15, 0.2) is 0 Å². The number of nitrogens with one attached hydrogen (secondary N) is 3. The van der Waals surface area contributed by atoms with Crippen LogP contribution in [0.15, 0.2) is 54.7 Å². The molecule has 2 atom stereocenters. The highest BCUT2D eigenvalue weighted by molar-refractivity contribution is 5.94. The molecule has 0 fully saturated rings. The van der Waals surface area contributed by atoms with Crippen molar-refractivity contribution in [2.24, 2.45) is 0 Å². The van der Waals surface area contributed by atoms with Crippen LogP contribution >= 0.6 is 0 Å². The number of hydrogen-bond donors (Lipinski definition) is 3. The van der Waals surface area contributed by atoms with Crippen LogP contribution in [0.5, 0.6) is 0 Å². The summed E-state index contributed by atoms with van der Waals surface area (Å²) in [6.45, 7) is 4.49. The van der Waals surface area contributed by atoms with E-state index in [4.69, 9.17) is 0 Å². The first kappa shape index (κ1) is 22.5. The molecule has 0 radical (unpaired) electrons. The van der Waals surface area contributed by atoms with Crippen molar-refractivity contribution in [2.45, 2.75) is 32.2 Å². The number of rotatable bonds is 6. The van der Waals surface area contributed by atoms with Gasteiger partial charge in [0.05, 0.1) is 5.69 Å². The van der Waals surface area contributed by atoms with Gasteiger partial charge >= 0.3 is 0 Å². The van der Waals surface area contributed by atoms with Gasteiger partial charge in [0.2, 0.25) is 0 Å². The van der Waals surface area contributed by atoms with Crippen LogP contribution in [-0.4, -0.2) is 36.4 Å². The first-order valence-electron chi connectivity index (χ1n) is 11.0. The van der Waals surface area contributed by atoms with E-state index < -0.39 is 0 Å². The Morgan fingerprint density at radius 3 is 2.42 bits per heavy atom. The van der Waals surface area contributed by atoms with Crippen LogP contribution in [0.2, 0.25) is 0 Å². The molecule has 1 aliphatic heterocycles. The van der Waals surface area contributed by atoms with Gasteiger partial charge in [-0.1, -0.05) is 24.3 Å². The average molecular weight is 447 g/mol. The predicted molar refractivity (Wildman–Crippen MR) is 127 cm³/mol. The number of pyridine rings is 1. The summed E-state index contributed by atoms with van der Waals surface area (Å²) in [7, 11) is 1.59. The Balaban J connectivity index is 1.36. The minimum absolute atomic E-state index is 0.0969. The van der Waals surface area contributed by atoms with Gasteiger partial charge in [0.25, 0.3) is 11.8 Å². The first-order valence-corrected chi connectivity index (χ1v) is 11.0. The van der Waals surface area contributed by atoms with Crippen molar-refractivity contribution >= 4 is 17.5 Å². The van der Waals surface area contributed by atoms with Crippen molar-refractivity contribution in [3.63, 3.8) is 0 Å². The van der Waals surface area contributed by atoms with Gasteiger partial charge in [-0.15, -0.1) is 0 Å². The standard InChI is InChI=1S/C26H27FN4O2/c1-15-4-10-21(27)24-23(15)20(16(2)31-24)12-13-29-26(33)22-11-9-19(14-30-22)17-5-7-18(8-6-17)25(32)28-3/h4-11,14,16,20,31H,12-13H2,1-3H3,(H,28,32)(H,29,33). The largest absolute Gasteiger partial charge is 0.379 e. The van der Waals surface area contributed by atoms with Gasteiger partial charge in [-0.3, -0.25) is 14.6 Å². The number of hydrogen-bond acceptors (Lipinski definition) is 4. The number of nitrogens with zero attached hydrogens (tertiary/aromatic N) is 1. The number of aromatic nitrogens is 1. The second-order valence-corrected chi connectivity index (χ2v) is 8.33. The number of carbonyl (C=O) groups is 2. The summed E-state index contributed by atoms with van der Waals surface area (Å²) in [6.07, 6.45) is 2.35. The van der Waals surface area contributed by atoms with Crippen LogP contribution in [0.4, 0.5) is 10.1 Å². The molecule has 2 amide bonds. The summed E-state index contributed by atoms with van der Waals surface area (Å²) in [5, 5.41) is 8.76. The molecular formula is C26H27FN4O2. The molecule has 1 aliphatic rings. The third-order valence-electron chi connectivity index (χ3n) is 6.20. The minimum Gasteiger partial charge on any atom is -0.379 e. The van der Waals surface area contributed by atoms with Gasteiger partial charge in [0.1, 0.15) is 11.5 Å². The van der Waals surface area contributed by atoms with Crippen LogP contribution in [0.1, 0.15) is 51.2 Å². The summed E-state index contributed by atoms with van der Waals surface area (Å²) in [4.78, 5) is 28.5. The van der Waals surface area contributed by atoms with Crippen LogP contribution in [0.3, 0.4) is 0 Å². The summed E-state index contributed by atoms with van der Waals surface area (Å²) in [5.41, 5.74) is 5.32. The summed E-state index contributed by atoms with van der Waals surface area (Å²) >= 11 is 0. The summed E-state index contributed by atoms with van der Waals surface area (Å²) in [6, 6.07) is 14.1. The van der Waals surface area contributed by atoms with Crippen molar-refractivity contribution in [1.82, 2.24) is 15.6 Å². The molecule has 3 N–H and O–H groups in total. The number of halogens is 1. The monoisotopic (exact) mass is 446 g/mol. The number of carbonyl (C=O) groups excluding carboxylic acids is 2. The molecule has 1 aromatic heterocycles. The lowest BCUT2D eigenvalue weighted by atomic mass is 9.89. The van der Waals surface area contributed by atoms with E-state index in [-0.39, 0.29) is 29.6 Å². The SMILES string of the molecule is CNC(=O)c1ccc(-c2ccc(C(=O)NCCC3c4c(C)ccc(F)c4NC3C)nc2)cc1. The van der Waals surface area contributed by atoms with Gasteiger partial charge in [-0.2, -0.15) is 0 Å². The number of benzene rings is 2. The summed E-state index contributed by atoms with van der Waals surface area (Å²) in [5.74, 6) is -0.491. The fraction of sp³-hybridized carbons (Fsp3) is 0.269. The second kappa shape index (κ2) is 9.40. The Morgan fingerprint density at radius 1 is 1.03 bits per heavy atom. The number of fused-ring (bicyclic) bond motifs is 1. The third kappa shape index (κ3) is 4.58. The van der Waals surface area contributed by atoms with Crippen LogP contribution in [0, 0.1) is 12.7 Å². The van der Waals surface area contributed by atoms with E-state index in [9.17, 15) is 14.0 Å². The zero-order valence-corrected chi connectivity index (χ0v) is 18.9. The first-order chi connectivity index (χ1) is 15.9. The molecule has 0 aliphatic carbocycles. The maximum absolute atomic E-state index is 14.2. The molecule has 33 heavy (non-hydrogen) atoms. The van der Waals surface area contributed by atoms with E-state index in [1.54, 1.807) is 37.5 Å². The second-order valence-electron chi connectivity index (χ2n) is 8.33. The zero-order valence-electron chi connectivity index (χ0n) is 18.9. The molecule has 2 heterocycles. The summed E-state index contributed by atoms with van der Waals surface area (Å²) < 4.78 is 14.2. The molecule has 4 rings (SSSR count). The Kier molecular flexibility index (Phi) is 6.40. The molecule has 2 aromatic carbocycles. The van der Waals surface area contributed by atoms with Gasteiger partial charge in [-0.25, -0.2) is 4.39 Å². The fourth-order valence-corrected chi connectivity index (χ4v) is 4.38. The Hall–Kier alpha value is -3.74. The lowest BCUT2D eigenvalue weighted by molar-refractivity contribution is 0.0944. The van der Waals surface area contributed by atoms with Crippen LogP contribution in [-0.2, 0) is 0 Å². The highest BCUT2D eigenvalue weighted by atomic mass is 19.1. The minimum atomic E-state index is -0.244. The lowest BCUT2D eigenvalue weighted by Crippen LogP contribution is -2.28. The molecule has 0 saturated carbocycles. The molecule has 0 bridgehead atoms. The van der Waals surface area contributed by atoms with Gasteiger partial charge in [0, 0.05) is 42.9 Å². The van der Waals surface area contributed by atoms with E-state index in [0.717, 1.165) is 22.3 Å². The highest BCUT2D eigenvalue weighted by Gasteiger charge is 2.32. The molecule has 2 unspecified atom stereocenters. The zero-order chi connectivity index (χ0) is 23.5. The van der Waals surface area contributed by atoms with Gasteiger partial charge < -0.3 is 16.0 Å². The highest BCUT2D eigenvalue weighted by Crippen LogP contribution is 2.41. The molecule has 3 aromatic rings. The molecule has 170 valence electrons. The quantitative estimate of drug-likeness (QED) is 0.528. The van der Waals surface area contributed by atoms with Crippen molar-refractivity contribution < 1.29 is 14.0 Å². The molecular weight excluding hydrogens is 419 g/mol. The molecule has 7 heteroatoms. The van der Waals surface area contributed by atoms with Crippen molar-refractivity contribution in [2.75, 3.05) is 18.9 Å². The Bertz CT molecular complexity index is 1180. The fourth-order valence-electron chi connectivity index (χ4n) is 4.38. The predicted octanol–water partition coefficient (Wildman–Crippen LogP) is 4.27. The van der Waals surface area contributed by atoms with Crippen molar-refractivity contribution in [1.29, 1.82) is 0 Å². The van der Waals surface area contributed by atoms with Crippen molar-refractivity contribution in [3.05, 3.63) is 82.9 Å². The Morgan fingerprint density at radius 2 is 1.76 bits per heavy atom. The van der Waals surface area contributed by atoms with Crippen LogP contribution < -0.4 is 16.0 Å². The smallest absolute Gasteiger partial charge is 0.269 e. The Labute approximate surface area is 192 Å². The topological polar surface area (TPSA) is 83.1 Å². The van der Waals surface area contributed by atoms with E-state index in [0.29, 0.717) is 29.9 Å². The van der Waals surface area contributed by atoms with Crippen molar-refractivity contribution in [3.8, 4) is 11.1 Å². The number of aryl methyl sites for hydroxylation is 1. The number of anilines is 1.